The van der Waals surface area contributed by atoms with Crippen LogP contribution in [0.5, 0.6) is 0 Å². The summed E-state index contributed by atoms with van der Waals surface area (Å²) in [5.41, 5.74) is 2.88. The molecule has 0 aliphatic heterocycles. The highest BCUT2D eigenvalue weighted by Gasteiger charge is 2.01. The van der Waals surface area contributed by atoms with E-state index >= 15 is 0 Å². The molecule has 0 amide bonds. The van der Waals surface area contributed by atoms with Gasteiger partial charge in [-0.05, 0) is 37.6 Å². The topological polar surface area (TPSA) is 79.1 Å². The number of azo groups is 1. The Bertz CT molecular complexity index is 628. The molecule has 1 aromatic heterocycles. The van der Waals surface area contributed by atoms with E-state index < -0.39 is 0 Å². The normalized spacial score (nSPS) is 10.7. The van der Waals surface area contributed by atoms with Gasteiger partial charge in [0.25, 0.3) is 0 Å². The molecule has 1 heterocycles. The van der Waals surface area contributed by atoms with Crippen LogP contribution in [0.1, 0.15) is 17.9 Å². The zero-order chi connectivity index (χ0) is 15.8. The van der Waals surface area contributed by atoms with Crippen LogP contribution in [0, 0.1) is 13.8 Å². The number of aliphatic hydroxyl groups excluding tert-OH is 1. The van der Waals surface area contributed by atoms with Gasteiger partial charge in [0.15, 0.2) is 0 Å². The van der Waals surface area contributed by atoms with Crippen LogP contribution in [0.25, 0.3) is 0 Å². The largest absolute Gasteiger partial charge is 0.394 e. The molecule has 6 nitrogen and oxygen atoms in total. The third kappa shape index (κ3) is 6.43. The number of aliphatic hydroxyl groups is 1. The lowest BCUT2D eigenvalue weighted by molar-refractivity contribution is 0.0992. The van der Waals surface area contributed by atoms with Gasteiger partial charge in [-0.25, -0.2) is 4.98 Å². The lowest BCUT2D eigenvalue weighted by Crippen LogP contribution is -2.11. The van der Waals surface area contributed by atoms with Crippen LogP contribution in [0.15, 0.2) is 34.6 Å². The SMILES string of the molecule is C.Cc1cnc(N=Nc2ccc(NCCOCCO)cc2C)s1. The van der Waals surface area contributed by atoms with Crippen molar-refractivity contribution in [3.63, 3.8) is 0 Å². The second kappa shape index (κ2) is 10.0. The first-order chi connectivity index (χ1) is 10.7. The first-order valence-electron chi connectivity index (χ1n) is 7.06. The van der Waals surface area contributed by atoms with E-state index in [0.717, 1.165) is 21.8 Å². The quantitative estimate of drug-likeness (QED) is 0.558. The standard InChI is InChI=1S/C15H20N4O2S.CH4/c1-11-9-13(16-5-7-21-8-6-20)3-4-14(11)18-19-15-17-10-12(2)22-15;/h3-4,9-10,16,20H,5-8H2,1-2H3;1H4. The molecule has 0 unspecified atom stereocenters. The van der Waals surface area contributed by atoms with Crippen LogP contribution in [0.2, 0.25) is 0 Å². The summed E-state index contributed by atoms with van der Waals surface area (Å²) in [6, 6.07) is 5.91. The van der Waals surface area contributed by atoms with Gasteiger partial charge in [-0.15, -0.1) is 10.2 Å². The van der Waals surface area contributed by atoms with E-state index in [1.165, 1.54) is 11.3 Å². The molecule has 2 aromatic rings. The predicted molar refractivity (Wildman–Crippen MR) is 95.3 cm³/mol. The van der Waals surface area contributed by atoms with Gasteiger partial charge in [-0.3, -0.25) is 0 Å². The Kier molecular flexibility index (Phi) is 8.39. The van der Waals surface area contributed by atoms with Crippen molar-refractivity contribution in [1.29, 1.82) is 0 Å². The summed E-state index contributed by atoms with van der Waals surface area (Å²) in [5, 5.41) is 20.9. The number of benzene rings is 1. The molecule has 0 saturated heterocycles. The van der Waals surface area contributed by atoms with Crippen LogP contribution < -0.4 is 5.32 Å². The maximum Gasteiger partial charge on any atom is 0.230 e. The fourth-order valence-corrected chi connectivity index (χ4v) is 2.38. The van der Waals surface area contributed by atoms with E-state index in [1.807, 2.05) is 32.0 Å². The zero-order valence-electron chi connectivity index (χ0n) is 12.7. The lowest BCUT2D eigenvalue weighted by atomic mass is 10.2. The molecule has 2 N–H and O–H groups in total. The van der Waals surface area contributed by atoms with Gasteiger partial charge in [0.2, 0.25) is 5.13 Å². The van der Waals surface area contributed by atoms with Crippen LogP contribution in [-0.2, 0) is 4.74 Å². The molecule has 0 atom stereocenters. The fourth-order valence-electron chi connectivity index (χ4n) is 1.80. The number of anilines is 1. The minimum Gasteiger partial charge on any atom is -0.394 e. The number of ether oxygens (including phenoxy) is 1. The van der Waals surface area contributed by atoms with Gasteiger partial charge >= 0.3 is 0 Å². The van der Waals surface area contributed by atoms with Gasteiger partial charge in [-0.2, -0.15) is 0 Å². The number of aromatic nitrogens is 1. The number of rotatable bonds is 8. The van der Waals surface area contributed by atoms with Gasteiger partial charge in [0.05, 0.1) is 25.5 Å². The Hall–Kier alpha value is -1.83. The number of thiazole rings is 1. The van der Waals surface area contributed by atoms with Crippen LogP contribution >= 0.6 is 11.3 Å². The smallest absolute Gasteiger partial charge is 0.230 e. The highest BCUT2D eigenvalue weighted by Crippen LogP contribution is 2.26. The van der Waals surface area contributed by atoms with Crippen LogP contribution in [0.3, 0.4) is 0 Å². The number of nitrogens with one attached hydrogen (secondary N) is 1. The highest BCUT2D eigenvalue weighted by molar-refractivity contribution is 7.15. The summed E-state index contributed by atoms with van der Waals surface area (Å²) in [4.78, 5) is 5.28. The first-order valence-corrected chi connectivity index (χ1v) is 7.88. The highest BCUT2D eigenvalue weighted by atomic mass is 32.1. The third-order valence-electron chi connectivity index (χ3n) is 2.86. The maximum absolute atomic E-state index is 8.62. The van der Waals surface area contributed by atoms with E-state index in [9.17, 15) is 0 Å². The summed E-state index contributed by atoms with van der Waals surface area (Å²) >= 11 is 1.52. The Balaban J connectivity index is 0.00000264. The van der Waals surface area contributed by atoms with E-state index in [0.29, 0.717) is 24.9 Å². The lowest BCUT2D eigenvalue weighted by Gasteiger charge is -2.08. The zero-order valence-corrected chi connectivity index (χ0v) is 13.6. The molecule has 0 aliphatic carbocycles. The van der Waals surface area contributed by atoms with Crippen molar-refractivity contribution in [2.75, 3.05) is 31.7 Å². The molecule has 126 valence electrons. The molecule has 23 heavy (non-hydrogen) atoms. The van der Waals surface area contributed by atoms with E-state index in [2.05, 4.69) is 20.5 Å². The van der Waals surface area contributed by atoms with Crippen LogP contribution in [0.4, 0.5) is 16.5 Å². The Morgan fingerprint density at radius 2 is 2.09 bits per heavy atom. The molecule has 0 spiro atoms. The predicted octanol–water partition coefficient (Wildman–Crippen LogP) is 4.23. The van der Waals surface area contributed by atoms with Crippen molar-refractivity contribution in [3.05, 3.63) is 34.8 Å². The van der Waals surface area contributed by atoms with Gasteiger partial charge in [-0.1, -0.05) is 18.8 Å². The average molecular weight is 336 g/mol. The summed E-state index contributed by atoms with van der Waals surface area (Å²) in [7, 11) is 0. The Labute approximate surface area is 141 Å². The number of nitrogens with zero attached hydrogens (tertiary/aromatic N) is 3. The van der Waals surface area contributed by atoms with Crippen molar-refractivity contribution < 1.29 is 9.84 Å². The third-order valence-corrected chi connectivity index (χ3v) is 3.66. The monoisotopic (exact) mass is 336 g/mol. The second-order valence-electron chi connectivity index (χ2n) is 4.72. The van der Waals surface area contributed by atoms with Crippen molar-refractivity contribution in [2.24, 2.45) is 10.2 Å². The van der Waals surface area contributed by atoms with Crippen molar-refractivity contribution >= 4 is 27.8 Å². The molecule has 0 aliphatic rings. The number of hydrogen-bond acceptors (Lipinski definition) is 7. The molecular formula is C16H24N4O2S. The Morgan fingerprint density at radius 1 is 1.26 bits per heavy atom. The van der Waals surface area contributed by atoms with Crippen molar-refractivity contribution in [3.8, 4) is 0 Å². The Morgan fingerprint density at radius 3 is 2.74 bits per heavy atom. The molecule has 0 fully saturated rings. The average Bonchev–Trinajstić information content (AvgIpc) is 2.92. The van der Waals surface area contributed by atoms with E-state index in [1.54, 1.807) is 6.20 Å². The molecule has 1 aromatic carbocycles. The summed E-state index contributed by atoms with van der Waals surface area (Å²) in [6.45, 7) is 5.67. The van der Waals surface area contributed by atoms with Crippen molar-refractivity contribution in [2.45, 2.75) is 21.3 Å². The first kappa shape index (κ1) is 19.2. The molecule has 0 radical (unpaired) electrons. The minimum absolute atomic E-state index is 0. The van der Waals surface area contributed by atoms with Crippen molar-refractivity contribution in [1.82, 2.24) is 4.98 Å². The summed E-state index contributed by atoms with van der Waals surface area (Å²) in [6.07, 6.45) is 1.79. The molecule has 0 saturated carbocycles. The molecular weight excluding hydrogens is 312 g/mol. The van der Waals surface area contributed by atoms with E-state index in [4.69, 9.17) is 9.84 Å². The van der Waals surface area contributed by atoms with Gasteiger partial charge in [0.1, 0.15) is 0 Å². The van der Waals surface area contributed by atoms with Gasteiger partial charge < -0.3 is 15.2 Å². The second-order valence-corrected chi connectivity index (χ2v) is 5.93. The maximum atomic E-state index is 8.62. The fraction of sp³-hybridized carbons (Fsp3) is 0.438. The summed E-state index contributed by atoms with van der Waals surface area (Å²) in [5.74, 6) is 0. The number of aryl methyl sites for hydroxylation is 2. The number of hydrogen-bond donors (Lipinski definition) is 2. The molecule has 0 bridgehead atoms. The van der Waals surface area contributed by atoms with Gasteiger partial charge in [0, 0.05) is 23.3 Å². The molecule has 2 rings (SSSR count). The van der Waals surface area contributed by atoms with E-state index in [-0.39, 0.29) is 14.0 Å². The molecule has 7 heteroatoms. The summed E-state index contributed by atoms with van der Waals surface area (Å²) < 4.78 is 5.20. The minimum atomic E-state index is 0. The van der Waals surface area contributed by atoms with Crippen LogP contribution in [-0.4, -0.2) is 36.5 Å².